The van der Waals surface area contributed by atoms with E-state index in [4.69, 9.17) is 0 Å². The van der Waals surface area contributed by atoms with Crippen LogP contribution < -0.4 is 0 Å². The third-order valence-corrected chi connectivity index (χ3v) is 3.04. The molecule has 17 heavy (non-hydrogen) atoms. The second-order valence-corrected chi connectivity index (χ2v) is 4.39. The van der Waals surface area contributed by atoms with Crippen molar-refractivity contribution in [1.82, 2.24) is 0 Å². The van der Waals surface area contributed by atoms with Crippen LogP contribution in [0.5, 0.6) is 0 Å². The molecule has 0 saturated heterocycles. The fraction of sp³-hybridized carbons (Fsp3) is 0.500. The summed E-state index contributed by atoms with van der Waals surface area (Å²) in [6.07, 6.45) is 3.91. The molecule has 92 valence electrons. The standard InChI is InChI=1S/C16H22O/c1-3-5-11-15(4-2)16(17)13-12-14-9-7-6-8-10-14/h6-10,15-17H,3-5,11H2,1-2H3/t15?,16-/m1/s1. The Kier molecular flexibility index (Phi) is 6.43. The van der Waals surface area contributed by atoms with Crippen LogP contribution in [0.2, 0.25) is 0 Å². The Balaban J connectivity index is 2.58. The Morgan fingerprint density at radius 2 is 1.88 bits per heavy atom. The van der Waals surface area contributed by atoms with Crippen LogP contribution in [-0.4, -0.2) is 11.2 Å². The second kappa shape index (κ2) is 7.92. The number of benzene rings is 1. The highest BCUT2D eigenvalue weighted by molar-refractivity contribution is 5.34. The summed E-state index contributed by atoms with van der Waals surface area (Å²) in [5.74, 6) is 6.31. The van der Waals surface area contributed by atoms with Gasteiger partial charge in [-0.15, -0.1) is 0 Å². The van der Waals surface area contributed by atoms with Crippen LogP contribution in [0.25, 0.3) is 0 Å². The third kappa shape index (κ3) is 5.06. The summed E-state index contributed by atoms with van der Waals surface area (Å²) < 4.78 is 0. The summed E-state index contributed by atoms with van der Waals surface area (Å²) in [6.45, 7) is 4.29. The molecule has 2 atom stereocenters. The van der Waals surface area contributed by atoms with Gasteiger partial charge in [0.05, 0.1) is 0 Å². The lowest BCUT2D eigenvalue weighted by atomic mass is 9.93. The molecule has 1 unspecified atom stereocenters. The predicted octanol–water partition coefficient (Wildman–Crippen LogP) is 3.62. The molecule has 1 aromatic carbocycles. The third-order valence-electron chi connectivity index (χ3n) is 3.04. The summed E-state index contributed by atoms with van der Waals surface area (Å²) in [5.41, 5.74) is 0.969. The quantitative estimate of drug-likeness (QED) is 0.766. The first kappa shape index (κ1) is 13.8. The average molecular weight is 230 g/mol. The normalized spacial score (nSPS) is 13.6. The van der Waals surface area contributed by atoms with Crippen LogP contribution >= 0.6 is 0 Å². The molecule has 1 rings (SSSR count). The van der Waals surface area contributed by atoms with Crippen LogP contribution in [0.3, 0.4) is 0 Å². The van der Waals surface area contributed by atoms with Crippen molar-refractivity contribution in [3.8, 4) is 11.8 Å². The molecular weight excluding hydrogens is 208 g/mol. The van der Waals surface area contributed by atoms with Gasteiger partial charge in [-0.3, -0.25) is 0 Å². The van der Waals surface area contributed by atoms with Crippen LogP contribution in [0.1, 0.15) is 45.1 Å². The number of aliphatic hydroxyl groups is 1. The lowest BCUT2D eigenvalue weighted by Crippen LogP contribution is -2.17. The zero-order valence-electron chi connectivity index (χ0n) is 10.8. The molecule has 0 spiro atoms. The van der Waals surface area contributed by atoms with Crippen molar-refractivity contribution < 1.29 is 5.11 Å². The van der Waals surface area contributed by atoms with Crippen LogP contribution in [0.15, 0.2) is 30.3 Å². The highest BCUT2D eigenvalue weighted by Gasteiger charge is 2.13. The SMILES string of the molecule is CCCCC(CC)[C@H](O)C#Cc1ccccc1. The van der Waals surface area contributed by atoms with Gasteiger partial charge in [-0.25, -0.2) is 0 Å². The van der Waals surface area contributed by atoms with E-state index in [1.165, 1.54) is 12.8 Å². The van der Waals surface area contributed by atoms with Gasteiger partial charge in [0.25, 0.3) is 0 Å². The fourth-order valence-electron chi connectivity index (χ4n) is 1.85. The van der Waals surface area contributed by atoms with Crippen molar-refractivity contribution in [2.45, 2.75) is 45.6 Å². The minimum absolute atomic E-state index is 0.311. The first-order valence-electron chi connectivity index (χ1n) is 6.52. The molecule has 0 heterocycles. The van der Waals surface area contributed by atoms with E-state index in [0.717, 1.165) is 18.4 Å². The Morgan fingerprint density at radius 3 is 2.47 bits per heavy atom. The molecule has 0 bridgehead atoms. The maximum Gasteiger partial charge on any atom is 0.117 e. The molecule has 0 aliphatic rings. The van der Waals surface area contributed by atoms with Crippen LogP contribution in [0.4, 0.5) is 0 Å². The van der Waals surface area contributed by atoms with Gasteiger partial charge in [-0.1, -0.05) is 56.7 Å². The van der Waals surface area contributed by atoms with Crippen molar-refractivity contribution in [2.75, 3.05) is 0 Å². The van der Waals surface area contributed by atoms with Crippen LogP contribution in [0, 0.1) is 17.8 Å². The highest BCUT2D eigenvalue weighted by atomic mass is 16.3. The van der Waals surface area contributed by atoms with E-state index in [2.05, 4.69) is 25.7 Å². The Bertz CT molecular complexity index is 358. The first-order chi connectivity index (χ1) is 8.27. The molecule has 0 aliphatic carbocycles. The van der Waals surface area contributed by atoms with E-state index in [9.17, 15) is 5.11 Å². The van der Waals surface area contributed by atoms with E-state index >= 15 is 0 Å². The van der Waals surface area contributed by atoms with E-state index in [1.54, 1.807) is 0 Å². The van der Waals surface area contributed by atoms with Crippen molar-refractivity contribution >= 4 is 0 Å². The average Bonchev–Trinajstić information content (AvgIpc) is 2.38. The van der Waals surface area contributed by atoms with Crippen molar-refractivity contribution in [3.63, 3.8) is 0 Å². The molecule has 1 N–H and O–H groups in total. The first-order valence-corrected chi connectivity index (χ1v) is 6.52. The van der Waals surface area contributed by atoms with Gasteiger partial charge in [0.2, 0.25) is 0 Å². The van der Waals surface area contributed by atoms with Gasteiger partial charge < -0.3 is 5.11 Å². The van der Waals surface area contributed by atoms with Gasteiger partial charge >= 0.3 is 0 Å². The molecule has 0 amide bonds. The van der Waals surface area contributed by atoms with Crippen molar-refractivity contribution in [3.05, 3.63) is 35.9 Å². The maximum atomic E-state index is 10.0. The minimum Gasteiger partial charge on any atom is -0.380 e. The van der Waals surface area contributed by atoms with Gasteiger partial charge in [0.15, 0.2) is 0 Å². The minimum atomic E-state index is -0.494. The largest absolute Gasteiger partial charge is 0.380 e. The molecule has 0 saturated carbocycles. The number of unbranched alkanes of at least 4 members (excludes halogenated alkanes) is 1. The fourth-order valence-corrected chi connectivity index (χ4v) is 1.85. The number of aliphatic hydroxyl groups excluding tert-OH is 1. The summed E-state index contributed by atoms with van der Waals surface area (Å²) in [7, 11) is 0. The molecule has 0 radical (unpaired) electrons. The molecule has 0 aliphatic heterocycles. The second-order valence-electron chi connectivity index (χ2n) is 4.39. The highest BCUT2D eigenvalue weighted by Crippen LogP contribution is 2.16. The predicted molar refractivity (Wildman–Crippen MR) is 72.6 cm³/mol. The molecule has 1 aromatic rings. The lowest BCUT2D eigenvalue weighted by molar-refractivity contribution is 0.150. The summed E-state index contributed by atoms with van der Waals surface area (Å²) in [5, 5.41) is 10.0. The summed E-state index contributed by atoms with van der Waals surface area (Å²) >= 11 is 0. The van der Waals surface area contributed by atoms with E-state index < -0.39 is 6.10 Å². The summed E-state index contributed by atoms with van der Waals surface area (Å²) in [6, 6.07) is 9.83. The molecule has 1 heteroatoms. The lowest BCUT2D eigenvalue weighted by Gasteiger charge is -2.16. The van der Waals surface area contributed by atoms with E-state index in [1.807, 2.05) is 30.3 Å². The number of hydrogen-bond acceptors (Lipinski definition) is 1. The topological polar surface area (TPSA) is 20.2 Å². The molecule has 0 fully saturated rings. The number of rotatable bonds is 5. The van der Waals surface area contributed by atoms with E-state index in [-0.39, 0.29) is 0 Å². The molecular formula is C16H22O. The van der Waals surface area contributed by atoms with Crippen LogP contribution in [-0.2, 0) is 0 Å². The Hall–Kier alpha value is -1.26. The maximum absolute atomic E-state index is 10.0. The van der Waals surface area contributed by atoms with Gasteiger partial charge in [0, 0.05) is 5.56 Å². The smallest absolute Gasteiger partial charge is 0.117 e. The van der Waals surface area contributed by atoms with E-state index in [0.29, 0.717) is 5.92 Å². The van der Waals surface area contributed by atoms with Gasteiger partial charge in [-0.2, -0.15) is 0 Å². The van der Waals surface area contributed by atoms with Gasteiger partial charge in [0.1, 0.15) is 6.10 Å². The monoisotopic (exact) mass is 230 g/mol. The Labute approximate surface area is 105 Å². The van der Waals surface area contributed by atoms with Crippen molar-refractivity contribution in [2.24, 2.45) is 5.92 Å². The summed E-state index contributed by atoms with van der Waals surface area (Å²) in [4.78, 5) is 0. The number of hydrogen-bond donors (Lipinski definition) is 1. The zero-order valence-corrected chi connectivity index (χ0v) is 10.8. The molecule has 0 aromatic heterocycles. The zero-order chi connectivity index (χ0) is 12.5. The Morgan fingerprint density at radius 1 is 1.18 bits per heavy atom. The molecule has 1 nitrogen and oxygen atoms in total. The van der Waals surface area contributed by atoms with Crippen molar-refractivity contribution in [1.29, 1.82) is 0 Å². The van der Waals surface area contributed by atoms with Gasteiger partial charge in [-0.05, 0) is 30.9 Å².